The Morgan fingerprint density at radius 1 is 1.04 bits per heavy atom. The third-order valence-electron chi connectivity index (χ3n) is 5.03. The molecule has 0 N–H and O–H groups in total. The summed E-state index contributed by atoms with van der Waals surface area (Å²) in [5.74, 6) is 1.21. The molecule has 0 amide bonds. The predicted octanol–water partition coefficient (Wildman–Crippen LogP) is 4.40. The van der Waals surface area contributed by atoms with Crippen LogP contribution in [-0.2, 0) is 7.05 Å². The van der Waals surface area contributed by atoms with Crippen molar-refractivity contribution >= 4 is 10.9 Å². The number of nitrogens with zero attached hydrogens (tertiary/aromatic N) is 3. The van der Waals surface area contributed by atoms with Crippen LogP contribution in [0.5, 0.6) is 5.88 Å². The van der Waals surface area contributed by atoms with Gasteiger partial charge in [-0.25, -0.2) is 4.68 Å². The first-order valence-corrected chi connectivity index (χ1v) is 9.53. The number of fused-ring (bicyclic) bond motifs is 1. The van der Waals surface area contributed by atoms with E-state index < -0.39 is 0 Å². The summed E-state index contributed by atoms with van der Waals surface area (Å²) in [6, 6.07) is 8.16. The number of aromatic nitrogens is 3. The summed E-state index contributed by atoms with van der Waals surface area (Å²) in [7, 11) is 1.67. The van der Waals surface area contributed by atoms with E-state index in [4.69, 9.17) is 4.74 Å². The minimum Gasteiger partial charge on any atom is -0.472 e. The normalized spacial score (nSPS) is 11.9. The van der Waals surface area contributed by atoms with Gasteiger partial charge in [0.05, 0.1) is 5.39 Å². The minimum absolute atomic E-state index is 0.0302. The quantitative estimate of drug-likeness (QED) is 0.671. The molecule has 27 heavy (non-hydrogen) atoms. The van der Waals surface area contributed by atoms with Crippen LogP contribution in [0.3, 0.4) is 0 Å². The van der Waals surface area contributed by atoms with Crippen LogP contribution in [0.2, 0.25) is 0 Å². The third kappa shape index (κ3) is 3.51. The minimum atomic E-state index is -0.132. The maximum Gasteiger partial charge on any atom is 0.291 e. The average molecular weight is 367 g/mol. The van der Waals surface area contributed by atoms with Gasteiger partial charge in [0.25, 0.3) is 5.56 Å². The van der Waals surface area contributed by atoms with Gasteiger partial charge in [-0.15, -0.1) is 5.10 Å². The fraction of sp³-hybridized carbons (Fsp3) is 0.455. The average Bonchev–Trinajstić information content (AvgIpc) is 3.01. The Kier molecular flexibility index (Phi) is 5.13. The predicted molar refractivity (Wildman–Crippen MR) is 110 cm³/mol. The van der Waals surface area contributed by atoms with E-state index in [9.17, 15) is 4.79 Å². The Hall–Kier alpha value is -2.56. The molecule has 5 heteroatoms. The highest BCUT2D eigenvalue weighted by Gasteiger charge is 2.23. The van der Waals surface area contributed by atoms with Crippen molar-refractivity contribution in [2.24, 2.45) is 18.9 Å². The fourth-order valence-corrected chi connectivity index (χ4v) is 3.75. The van der Waals surface area contributed by atoms with Gasteiger partial charge in [-0.1, -0.05) is 45.4 Å². The number of aryl methyl sites for hydroxylation is 3. The van der Waals surface area contributed by atoms with Gasteiger partial charge in [0.15, 0.2) is 0 Å². The Balaban J connectivity index is 2.21. The molecule has 0 spiro atoms. The van der Waals surface area contributed by atoms with Crippen LogP contribution in [0.25, 0.3) is 16.6 Å². The summed E-state index contributed by atoms with van der Waals surface area (Å²) in [5.41, 5.74) is 3.78. The molecule has 0 aliphatic rings. The number of hydrogen-bond donors (Lipinski definition) is 0. The second kappa shape index (κ2) is 7.22. The maximum absolute atomic E-state index is 12.9. The molecular weight excluding hydrogens is 338 g/mol. The molecule has 0 fully saturated rings. The van der Waals surface area contributed by atoms with Crippen molar-refractivity contribution in [2.45, 2.75) is 47.6 Å². The van der Waals surface area contributed by atoms with Crippen LogP contribution < -0.4 is 10.3 Å². The highest BCUT2D eigenvalue weighted by Crippen LogP contribution is 2.28. The van der Waals surface area contributed by atoms with Crippen LogP contribution in [0.1, 0.15) is 38.8 Å². The molecule has 0 radical (unpaired) electrons. The first-order valence-electron chi connectivity index (χ1n) is 9.53. The van der Waals surface area contributed by atoms with Gasteiger partial charge in [-0.3, -0.25) is 4.79 Å². The van der Waals surface area contributed by atoms with Crippen molar-refractivity contribution in [1.29, 1.82) is 0 Å². The molecule has 3 rings (SSSR count). The van der Waals surface area contributed by atoms with E-state index in [0.29, 0.717) is 23.2 Å². The lowest BCUT2D eigenvalue weighted by Crippen LogP contribution is -2.31. The molecule has 144 valence electrons. The molecule has 0 unspecified atom stereocenters. The summed E-state index contributed by atoms with van der Waals surface area (Å²) < 4.78 is 9.62. The van der Waals surface area contributed by atoms with Crippen LogP contribution >= 0.6 is 0 Å². The molecule has 5 nitrogen and oxygen atoms in total. The SMILES string of the molecule is Cc1ccc(-n2ccc3c(OC(C(C)C)C(C)C)nn(C)c(=O)c32)c(C)c1. The first kappa shape index (κ1) is 19.2. The molecule has 0 bridgehead atoms. The molecule has 2 aromatic heterocycles. The van der Waals surface area contributed by atoms with E-state index in [2.05, 4.69) is 64.8 Å². The highest BCUT2D eigenvalue weighted by molar-refractivity contribution is 5.85. The zero-order valence-electron chi connectivity index (χ0n) is 17.3. The second-order valence-electron chi connectivity index (χ2n) is 8.04. The van der Waals surface area contributed by atoms with E-state index in [0.717, 1.165) is 16.6 Å². The molecule has 2 heterocycles. The Morgan fingerprint density at radius 3 is 2.30 bits per heavy atom. The van der Waals surface area contributed by atoms with Gasteiger partial charge in [0.2, 0.25) is 5.88 Å². The van der Waals surface area contributed by atoms with Crippen molar-refractivity contribution in [3.63, 3.8) is 0 Å². The van der Waals surface area contributed by atoms with Crippen molar-refractivity contribution < 1.29 is 4.74 Å². The molecule has 1 aromatic carbocycles. The van der Waals surface area contributed by atoms with Crippen molar-refractivity contribution in [1.82, 2.24) is 14.3 Å². The molecule has 0 aliphatic heterocycles. The number of rotatable bonds is 5. The number of hydrogen-bond acceptors (Lipinski definition) is 3. The highest BCUT2D eigenvalue weighted by atomic mass is 16.5. The standard InChI is InChI=1S/C22H29N3O2/c1-13(2)20(14(3)4)27-21-17-10-11-25(19(17)22(26)24(7)23-21)18-9-8-15(5)12-16(18)6/h8-14,20H,1-7H3. The van der Waals surface area contributed by atoms with Crippen molar-refractivity contribution in [2.75, 3.05) is 0 Å². The summed E-state index contributed by atoms with van der Waals surface area (Å²) in [6.45, 7) is 12.7. The van der Waals surface area contributed by atoms with Gasteiger partial charge < -0.3 is 9.30 Å². The molecule has 0 atom stereocenters. The van der Waals surface area contributed by atoms with Gasteiger partial charge in [-0.2, -0.15) is 0 Å². The lowest BCUT2D eigenvalue weighted by Gasteiger charge is -2.25. The molecular formula is C22H29N3O2. The van der Waals surface area contributed by atoms with E-state index >= 15 is 0 Å². The topological polar surface area (TPSA) is 49.0 Å². The van der Waals surface area contributed by atoms with Crippen LogP contribution in [0, 0.1) is 25.7 Å². The van der Waals surface area contributed by atoms with E-state index in [-0.39, 0.29) is 11.7 Å². The molecule has 0 aliphatic carbocycles. The van der Waals surface area contributed by atoms with Crippen LogP contribution in [0.15, 0.2) is 35.3 Å². The Bertz CT molecular complexity index is 1020. The lowest BCUT2D eigenvalue weighted by molar-refractivity contribution is 0.0993. The molecule has 0 saturated heterocycles. The fourth-order valence-electron chi connectivity index (χ4n) is 3.75. The van der Waals surface area contributed by atoms with E-state index in [1.165, 1.54) is 10.2 Å². The number of benzene rings is 1. The zero-order valence-corrected chi connectivity index (χ0v) is 17.3. The number of ether oxygens (including phenoxy) is 1. The Morgan fingerprint density at radius 2 is 1.70 bits per heavy atom. The van der Waals surface area contributed by atoms with Gasteiger partial charge in [0, 0.05) is 18.9 Å². The Labute approximate surface area is 160 Å². The smallest absolute Gasteiger partial charge is 0.291 e. The zero-order chi connectivity index (χ0) is 19.9. The van der Waals surface area contributed by atoms with E-state index in [1.807, 2.05) is 16.8 Å². The van der Waals surface area contributed by atoms with Gasteiger partial charge >= 0.3 is 0 Å². The monoisotopic (exact) mass is 367 g/mol. The summed E-state index contributed by atoms with van der Waals surface area (Å²) in [4.78, 5) is 12.9. The lowest BCUT2D eigenvalue weighted by atomic mass is 9.96. The van der Waals surface area contributed by atoms with E-state index in [1.54, 1.807) is 7.05 Å². The summed E-state index contributed by atoms with van der Waals surface area (Å²) in [6.07, 6.45) is 1.96. The van der Waals surface area contributed by atoms with Gasteiger partial charge in [-0.05, 0) is 43.4 Å². The summed E-state index contributed by atoms with van der Waals surface area (Å²) in [5, 5.41) is 5.17. The van der Waals surface area contributed by atoms with Gasteiger partial charge in [0.1, 0.15) is 11.6 Å². The summed E-state index contributed by atoms with van der Waals surface area (Å²) >= 11 is 0. The largest absolute Gasteiger partial charge is 0.472 e. The first-order chi connectivity index (χ1) is 12.7. The molecule has 3 aromatic rings. The van der Waals surface area contributed by atoms with Crippen molar-refractivity contribution in [3.8, 4) is 11.6 Å². The third-order valence-corrected chi connectivity index (χ3v) is 5.03. The maximum atomic E-state index is 12.9. The van der Waals surface area contributed by atoms with Crippen molar-refractivity contribution in [3.05, 3.63) is 51.9 Å². The molecule has 0 saturated carbocycles. The van der Waals surface area contributed by atoms with Crippen LogP contribution in [0.4, 0.5) is 0 Å². The second-order valence-corrected chi connectivity index (χ2v) is 8.04. The van der Waals surface area contributed by atoms with Crippen LogP contribution in [-0.4, -0.2) is 20.5 Å².